The number of carbonyl (C=O) groups is 1. The predicted molar refractivity (Wildman–Crippen MR) is 79.4 cm³/mol. The molecule has 0 spiro atoms. The van der Waals surface area contributed by atoms with Gasteiger partial charge in [0.1, 0.15) is 23.5 Å². The van der Waals surface area contributed by atoms with Crippen LogP contribution in [0.2, 0.25) is 0 Å². The average molecular weight is 284 g/mol. The van der Waals surface area contributed by atoms with Crippen molar-refractivity contribution in [2.24, 2.45) is 5.92 Å². The number of rotatable bonds is 5. The highest BCUT2D eigenvalue weighted by molar-refractivity contribution is 5.95. The van der Waals surface area contributed by atoms with E-state index in [1.165, 1.54) is 13.3 Å². The molecule has 0 aliphatic carbocycles. The van der Waals surface area contributed by atoms with Crippen LogP contribution < -0.4 is 15.4 Å². The number of ether oxygens (including phenoxy) is 1. The van der Waals surface area contributed by atoms with Crippen molar-refractivity contribution >= 4 is 17.3 Å². The van der Waals surface area contributed by atoms with Gasteiger partial charge in [-0.3, -0.25) is 4.79 Å². The summed E-state index contributed by atoms with van der Waals surface area (Å²) in [6.45, 7) is 3.57. The van der Waals surface area contributed by atoms with Gasteiger partial charge in [-0.05, 0) is 12.1 Å². The number of nitrogens with zero attached hydrogens (tertiary/aromatic N) is 2. The summed E-state index contributed by atoms with van der Waals surface area (Å²) in [4.78, 5) is 11.8. The van der Waals surface area contributed by atoms with Crippen LogP contribution in [-0.4, -0.2) is 13.0 Å². The standard InChI is InChI=1S/C15H16N4O2/c1-10(2)15(20)19-14-6-12(21-3)4-5-13(14)18-9-11(7-16)8-17/h4-6,9-10,18H,1-3H3,(H,19,20). The molecule has 0 heterocycles. The lowest BCUT2D eigenvalue weighted by molar-refractivity contribution is -0.118. The highest BCUT2D eigenvalue weighted by Gasteiger charge is 2.11. The molecular formula is C15H16N4O2. The Morgan fingerprint density at radius 2 is 1.95 bits per heavy atom. The summed E-state index contributed by atoms with van der Waals surface area (Å²) < 4.78 is 5.12. The van der Waals surface area contributed by atoms with E-state index in [0.717, 1.165) is 0 Å². The molecule has 0 aliphatic rings. The van der Waals surface area contributed by atoms with Gasteiger partial charge in [0.15, 0.2) is 0 Å². The van der Waals surface area contributed by atoms with E-state index in [2.05, 4.69) is 10.6 Å². The lowest BCUT2D eigenvalue weighted by atomic mass is 10.2. The molecule has 0 aromatic heterocycles. The Kier molecular flexibility index (Phi) is 5.79. The van der Waals surface area contributed by atoms with Crippen LogP contribution in [0.4, 0.5) is 11.4 Å². The van der Waals surface area contributed by atoms with E-state index in [0.29, 0.717) is 17.1 Å². The molecule has 0 bridgehead atoms. The first-order valence-corrected chi connectivity index (χ1v) is 6.27. The Morgan fingerprint density at radius 1 is 1.29 bits per heavy atom. The van der Waals surface area contributed by atoms with E-state index in [1.54, 1.807) is 44.2 Å². The third-order valence-corrected chi connectivity index (χ3v) is 2.62. The van der Waals surface area contributed by atoms with Crippen LogP contribution in [0.5, 0.6) is 5.75 Å². The molecule has 0 aliphatic heterocycles. The lowest BCUT2D eigenvalue weighted by Gasteiger charge is -2.14. The third-order valence-electron chi connectivity index (χ3n) is 2.62. The van der Waals surface area contributed by atoms with Crippen molar-refractivity contribution in [3.05, 3.63) is 30.0 Å². The van der Waals surface area contributed by atoms with Gasteiger partial charge in [0.2, 0.25) is 5.91 Å². The fourth-order valence-electron chi connectivity index (χ4n) is 1.40. The molecule has 0 fully saturated rings. The molecule has 1 amide bonds. The minimum atomic E-state index is -0.173. The zero-order valence-corrected chi connectivity index (χ0v) is 12.1. The SMILES string of the molecule is COc1ccc(NC=C(C#N)C#N)c(NC(=O)C(C)C)c1. The Bertz CT molecular complexity index is 620. The van der Waals surface area contributed by atoms with E-state index in [4.69, 9.17) is 15.3 Å². The second-order valence-electron chi connectivity index (χ2n) is 4.48. The first kappa shape index (κ1) is 16.1. The van der Waals surface area contributed by atoms with Crippen LogP contribution in [0.15, 0.2) is 30.0 Å². The zero-order valence-electron chi connectivity index (χ0n) is 12.1. The summed E-state index contributed by atoms with van der Waals surface area (Å²) in [5.41, 5.74) is 1.01. The van der Waals surface area contributed by atoms with E-state index >= 15 is 0 Å². The Labute approximate surface area is 123 Å². The maximum Gasteiger partial charge on any atom is 0.226 e. The number of allylic oxidation sites excluding steroid dienone is 1. The summed E-state index contributed by atoms with van der Waals surface area (Å²) in [6, 6.07) is 8.56. The van der Waals surface area contributed by atoms with Gasteiger partial charge < -0.3 is 15.4 Å². The van der Waals surface area contributed by atoms with Crippen molar-refractivity contribution in [2.75, 3.05) is 17.7 Å². The second kappa shape index (κ2) is 7.56. The van der Waals surface area contributed by atoms with Gasteiger partial charge in [0.05, 0.1) is 18.5 Å². The normalized spacial score (nSPS) is 9.24. The van der Waals surface area contributed by atoms with E-state index in [1.807, 2.05) is 0 Å². The van der Waals surface area contributed by atoms with Crippen molar-refractivity contribution in [1.29, 1.82) is 10.5 Å². The average Bonchev–Trinajstić information content (AvgIpc) is 2.49. The van der Waals surface area contributed by atoms with Crippen LogP contribution in [0, 0.1) is 28.6 Å². The molecule has 108 valence electrons. The van der Waals surface area contributed by atoms with Crippen molar-refractivity contribution in [3.8, 4) is 17.9 Å². The Morgan fingerprint density at radius 3 is 2.48 bits per heavy atom. The van der Waals surface area contributed by atoms with E-state index in [9.17, 15) is 4.79 Å². The molecule has 1 aromatic carbocycles. The van der Waals surface area contributed by atoms with Gasteiger partial charge in [-0.15, -0.1) is 0 Å². The molecule has 0 unspecified atom stereocenters. The van der Waals surface area contributed by atoms with Crippen LogP contribution in [0.25, 0.3) is 0 Å². The quantitative estimate of drug-likeness (QED) is 0.810. The van der Waals surface area contributed by atoms with Crippen LogP contribution >= 0.6 is 0 Å². The molecule has 21 heavy (non-hydrogen) atoms. The Balaban J connectivity index is 3.08. The number of amides is 1. The zero-order chi connectivity index (χ0) is 15.8. The summed E-state index contributed by atoms with van der Waals surface area (Å²) >= 11 is 0. The number of methoxy groups -OCH3 is 1. The van der Waals surface area contributed by atoms with Crippen molar-refractivity contribution in [1.82, 2.24) is 0 Å². The van der Waals surface area contributed by atoms with E-state index < -0.39 is 0 Å². The highest BCUT2D eigenvalue weighted by Crippen LogP contribution is 2.27. The number of anilines is 2. The molecule has 0 atom stereocenters. The van der Waals surface area contributed by atoms with Crippen LogP contribution in [0.1, 0.15) is 13.8 Å². The Hall–Kier alpha value is -2.99. The fourth-order valence-corrected chi connectivity index (χ4v) is 1.40. The first-order chi connectivity index (χ1) is 10.0. The number of hydrogen-bond acceptors (Lipinski definition) is 5. The van der Waals surface area contributed by atoms with Crippen molar-refractivity contribution in [3.63, 3.8) is 0 Å². The van der Waals surface area contributed by atoms with Crippen LogP contribution in [-0.2, 0) is 4.79 Å². The van der Waals surface area contributed by atoms with E-state index in [-0.39, 0.29) is 17.4 Å². The number of carbonyl (C=O) groups excluding carboxylic acids is 1. The summed E-state index contributed by atoms with van der Waals surface area (Å²) in [5, 5.41) is 23.0. The number of nitriles is 2. The molecule has 6 heteroatoms. The summed E-state index contributed by atoms with van der Waals surface area (Å²) in [5.74, 6) is 0.272. The van der Waals surface area contributed by atoms with Crippen LogP contribution in [0.3, 0.4) is 0 Å². The molecule has 6 nitrogen and oxygen atoms in total. The number of benzene rings is 1. The van der Waals surface area contributed by atoms with Crippen molar-refractivity contribution in [2.45, 2.75) is 13.8 Å². The number of hydrogen-bond donors (Lipinski definition) is 2. The predicted octanol–water partition coefficient (Wildman–Crippen LogP) is 2.63. The monoisotopic (exact) mass is 284 g/mol. The van der Waals surface area contributed by atoms with Gasteiger partial charge in [0, 0.05) is 18.2 Å². The molecule has 0 radical (unpaired) electrons. The van der Waals surface area contributed by atoms with Gasteiger partial charge >= 0.3 is 0 Å². The first-order valence-electron chi connectivity index (χ1n) is 6.27. The molecule has 1 rings (SSSR count). The minimum Gasteiger partial charge on any atom is -0.497 e. The largest absolute Gasteiger partial charge is 0.497 e. The lowest BCUT2D eigenvalue weighted by Crippen LogP contribution is -2.18. The molecule has 2 N–H and O–H groups in total. The van der Waals surface area contributed by atoms with Gasteiger partial charge in [-0.25, -0.2) is 0 Å². The fraction of sp³-hybridized carbons (Fsp3) is 0.267. The molecule has 1 aromatic rings. The second-order valence-corrected chi connectivity index (χ2v) is 4.48. The van der Waals surface area contributed by atoms with Crippen molar-refractivity contribution < 1.29 is 9.53 Å². The smallest absolute Gasteiger partial charge is 0.226 e. The minimum absolute atomic E-state index is 0.0630. The van der Waals surface area contributed by atoms with Gasteiger partial charge in [-0.2, -0.15) is 10.5 Å². The molecule has 0 saturated heterocycles. The van der Waals surface area contributed by atoms with Gasteiger partial charge in [-0.1, -0.05) is 13.8 Å². The maximum atomic E-state index is 11.8. The topological polar surface area (TPSA) is 97.9 Å². The molecule has 0 saturated carbocycles. The summed E-state index contributed by atoms with van der Waals surface area (Å²) in [6.07, 6.45) is 1.28. The molecular weight excluding hydrogens is 268 g/mol. The third kappa shape index (κ3) is 4.55. The van der Waals surface area contributed by atoms with Gasteiger partial charge in [0.25, 0.3) is 0 Å². The maximum absolute atomic E-state index is 11.8. The highest BCUT2D eigenvalue weighted by atomic mass is 16.5. The number of nitrogens with one attached hydrogen (secondary N) is 2. The summed E-state index contributed by atoms with van der Waals surface area (Å²) in [7, 11) is 1.53.